The average molecular weight is 457 g/mol. The Kier molecular flexibility index (Phi) is 12.4. The summed E-state index contributed by atoms with van der Waals surface area (Å²) < 4.78 is 0. The molecule has 6 N–H and O–H groups in total. The Bertz CT molecular complexity index is 538. The maximum Gasteiger partial charge on any atom is 0.305 e. The number of unbranched alkanes of at least 4 members (excludes halogenated alkanes) is 1. The van der Waals surface area contributed by atoms with E-state index in [1.807, 2.05) is 0 Å². The van der Waals surface area contributed by atoms with Gasteiger partial charge in [-0.2, -0.15) is 0 Å². The van der Waals surface area contributed by atoms with E-state index in [2.05, 4.69) is 36.8 Å². The van der Waals surface area contributed by atoms with Gasteiger partial charge in [-0.25, -0.2) is 10.4 Å². The summed E-state index contributed by atoms with van der Waals surface area (Å²) in [7, 11) is 0. The van der Waals surface area contributed by atoms with Gasteiger partial charge in [0.2, 0.25) is 0 Å². The Labute approximate surface area is 194 Å². The maximum absolute atomic E-state index is 11.4. The first kappa shape index (κ1) is 27.5. The molecule has 2 fully saturated rings. The van der Waals surface area contributed by atoms with Crippen LogP contribution in [0.15, 0.2) is 0 Å². The third-order valence-electron chi connectivity index (χ3n) is 7.40. The van der Waals surface area contributed by atoms with Gasteiger partial charge in [0.1, 0.15) is 6.23 Å². The molecule has 0 aromatic carbocycles. The van der Waals surface area contributed by atoms with Gasteiger partial charge in [-0.15, -0.1) is 0 Å². The van der Waals surface area contributed by atoms with Gasteiger partial charge in [0, 0.05) is 12.6 Å². The van der Waals surface area contributed by atoms with Crippen LogP contribution in [0.4, 0.5) is 0 Å². The van der Waals surface area contributed by atoms with Crippen LogP contribution in [0.25, 0.3) is 0 Å². The number of nitrogens with zero attached hydrogens (tertiary/aromatic N) is 1. The van der Waals surface area contributed by atoms with Gasteiger partial charge in [0.15, 0.2) is 6.35 Å². The highest BCUT2D eigenvalue weighted by Crippen LogP contribution is 2.30. The second-order valence-corrected chi connectivity index (χ2v) is 10.1. The number of fused-ring (bicyclic) bond motifs is 1. The van der Waals surface area contributed by atoms with Crippen LogP contribution < -0.4 is 16.1 Å². The highest BCUT2D eigenvalue weighted by molar-refractivity contribution is 5.67. The number of hydrazine groups is 1. The molecule has 0 spiro atoms. The fraction of sp³-hybridized carbons (Fsp3) is 0.958. The van der Waals surface area contributed by atoms with E-state index in [1.54, 1.807) is 5.01 Å². The van der Waals surface area contributed by atoms with Crippen LogP contribution in [-0.2, 0) is 4.79 Å². The Hall–Kier alpha value is -0.770. The van der Waals surface area contributed by atoms with Gasteiger partial charge < -0.3 is 20.6 Å². The lowest BCUT2D eigenvalue weighted by atomic mass is 9.91. The van der Waals surface area contributed by atoms with Gasteiger partial charge >= 0.3 is 5.97 Å². The molecule has 0 amide bonds. The summed E-state index contributed by atoms with van der Waals surface area (Å²) in [6, 6.07) is -0.341. The molecule has 7 unspecified atom stereocenters. The quantitative estimate of drug-likeness (QED) is 0.174. The van der Waals surface area contributed by atoms with Gasteiger partial charge in [-0.05, 0) is 50.0 Å². The zero-order valence-electron chi connectivity index (χ0n) is 20.4. The number of aliphatic hydroxyl groups excluding tert-OH is 2. The van der Waals surface area contributed by atoms with Crippen molar-refractivity contribution in [3.63, 3.8) is 0 Å². The van der Waals surface area contributed by atoms with E-state index in [0.717, 1.165) is 25.7 Å². The lowest BCUT2D eigenvalue weighted by molar-refractivity contribution is -0.145. The molecule has 2 rings (SSSR count). The molecule has 0 aromatic heterocycles. The van der Waals surface area contributed by atoms with E-state index in [0.29, 0.717) is 30.8 Å². The largest absolute Gasteiger partial charge is 0.481 e. The summed E-state index contributed by atoms with van der Waals surface area (Å²) in [5.74, 6) is 0.812. The minimum atomic E-state index is -1.09. The number of carboxylic acids is 1. The Morgan fingerprint density at radius 1 is 1.22 bits per heavy atom. The molecule has 1 saturated heterocycles. The molecule has 0 radical (unpaired) electrons. The molecule has 1 aliphatic carbocycles. The topological polar surface area (TPSA) is 117 Å². The van der Waals surface area contributed by atoms with Crippen LogP contribution >= 0.6 is 0 Å². The third-order valence-corrected chi connectivity index (χ3v) is 7.40. The lowest BCUT2D eigenvalue weighted by Gasteiger charge is -2.44. The number of nitrogens with one attached hydrogen (secondary N) is 3. The molecule has 0 bridgehead atoms. The maximum atomic E-state index is 11.4. The van der Waals surface area contributed by atoms with Crippen molar-refractivity contribution in [3.05, 3.63) is 0 Å². The summed E-state index contributed by atoms with van der Waals surface area (Å²) in [5, 5.41) is 38.8. The number of aliphatic carboxylic acids is 1. The van der Waals surface area contributed by atoms with Gasteiger partial charge in [-0.3, -0.25) is 10.1 Å². The normalized spacial score (nSPS) is 29.7. The van der Waals surface area contributed by atoms with Crippen LogP contribution in [0.2, 0.25) is 0 Å². The fourth-order valence-electron chi connectivity index (χ4n) is 5.32. The van der Waals surface area contributed by atoms with Crippen LogP contribution in [0, 0.1) is 17.8 Å². The van der Waals surface area contributed by atoms with E-state index in [4.69, 9.17) is 0 Å². The van der Waals surface area contributed by atoms with Crippen molar-refractivity contribution in [2.24, 2.45) is 17.8 Å². The Morgan fingerprint density at radius 2 is 1.97 bits per heavy atom. The second-order valence-electron chi connectivity index (χ2n) is 10.1. The number of hydrogen-bond acceptors (Lipinski definition) is 7. The monoisotopic (exact) mass is 456 g/mol. The van der Waals surface area contributed by atoms with E-state index in [-0.39, 0.29) is 12.5 Å². The van der Waals surface area contributed by atoms with Crippen molar-refractivity contribution in [3.8, 4) is 0 Å². The van der Waals surface area contributed by atoms with Crippen molar-refractivity contribution >= 4 is 5.97 Å². The van der Waals surface area contributed by atoms with Gasteiger partial charge in [0.25, 0.3) is 0 Å². The van der Waals surface area contributed by atoms with E-state index in [1.165, 1.54) is 38.5 Å². The summed E-state index contributed by atoms with van der Waals surface area (Å²) >= 11 is 0. The van der Waals surface area contributed by atoms with Crippen molar-refractivity contribution in [1.29, 1.82) is 0 Å². The number of carboxylic acid groups (broad SMARTS) is 1. The number of carbonyl (C=O) groups is 1. The summed E-state index contributed by atoms with van der Waals surface area (Å²) in [6.45, 7) is 8.01. The number of hydrogen-bond donors (Lipinski definition) is 6. The predicted octanol–water partition coefficient (Wildman–Crippen LogP) is 2.61. The Morgan fingerprint density at radius 3 is 2.66 bits per heavy atom. The molecule has 1 heterocycles. The molecule has 7 atom stereocenters. The molecular formula is C24H48N4O4. The highest BCUT2D eigenvalue weighted by Gasteiger charge is 2.37. The van der Waals surface area contributed by atoms with Crippen LogP contribution in [0.5, 0.6) is 0 Å². The molecule has 2 aliphatic rings. The van der Waals surface area contributed by atoms with Crippen LogP contribution in [-0.4, -0.2) is 64.1 Å². The molecule has 8 heteroatoms. The standard InChI is InChI=1S/C24H48N4O4/c1-4-6-10-18(5-2)11-8-13-25-21(15-22(29)30)23(31)27-28-16-19-12-7-9-17(3)14-20(19)26-24(28)32/h17-21,23-27,31-32H,4-16H2,1-3H3,(H,29,30). The SMILES string of the molecule is CCCCC(CC)CCCNC(CC(=O)O)C(O)NN1CC2CCCC(C)CC2NC1O. The molecule has 1 saturated carbocycles. The van der Waals surface area contributed by atoms with Crippen molar-refractivity contribution in [2.45, 2.75) is 116 Å². The first-order chi connectivity index (χ1) is 15.3. The minimum absolute atomic E-state index is 0.178. The zero-order valence-corrected chi connectivity index (χ0v) is 20.4. The molecule has 0 aromatic rings. The molecule has 1 aliphatic heterocycles. The molecule has 8 nitrogen and oxygen atoms in total. The van der Waals surface area contributed by atoms with Crippen LogP contribution in [0.3, 0.4) is 0 Å². The van der Waals surface area contributed by atoms with E-state index >= 15 is 0 Å². The van der Waals surface area contributed by atoms with Crippen molar-refractivity contribution in [2.75, 3.05) is 13.1 Å². The second kappa shape index (κ2) is 14.5. The van der Waals surface area contributed by atoms with Crippen molar-refractivity contribution in [1.82, 2.24) is 21.1 Å². The molecular weight excluding hydrogens is 408 g/mol. The van der Waals surface area contributed by atoms with Crippen LogP contribution in [0.1, 0.15) is 91.4 Å². The smallest absolute Gasteiger partial charge is 0.305 e. The van der Waals surface area contributed by atoms with E-state index in [9.17, 15) is 20.1 Å². The van der Waals surface area contributed by atoms with Crippen molar-refractivity contribution < 1.29 is 20.1 Å². The number of rotatable bonds is 14. The third kappa shape index (κ3) is 9.23. The summed E-state index contributed by atoms with van der Waals surface area (Å²) in [6.07, 6.45) is 9.32. The predicted molar refractivity (Wildman–Crippen MR) is 126 cm³/mol. The van der Waals surface area contributed by atoms with Gasteiger partial charge in [0.05, 0.1) is 12.5 Å². The lowest BCUT2D eigenvalue weighted by Crippen LogP contribution is -2.67. The first-order valence-corrected chi connectivity index (χ1v) is 12.9. The highest BCUT2D eigenvalue weighted by atomic mass is 16.4. The fourth-order valence-corrected chi connectivity index (χ4v) is 5.32. The number of aliphatic hydroxyl groups is 2. The average Bonchev–Trinajstić information content (AvgIpc) is 2.92. The summed E-state index contributed by atoms with van der Waals surface area (Å²) in [4.78, 5) is 11.4. The molecule has 32 heavy (non-hydrogen) atoms. The van der Waals surface area contributed by atoms with Gasteiger partial charge in [-0.1, -0.05) is 59.3 Å². The zero-order chi connectivity index (χ0) is 23.5. The first-order valence-electron chi connectivity index (χ1n) is 12.9. The summed E-state index contributed by atoms with van der Waals surface area (Å²) in [5.41, 5.74) is 2.98. The molecule has 188 valence electrons. The van der Waals surface area contributed by atoms with E-state index < -0.39 is 24.6 Å². The minimum Gasteiger partial charge on any atom is -0.481 e. The Balaban J connectivity index is 1.84.